The fraction of sp³-hybridized carbons (Fsp3) is 0.217. The standard InChI is InChI=1S/C23H16Cl2F6N4O4S/c1-38-21(36)23(6-7-23)18-17(10-32)34-35(19-15(24)8-14(9-16(19)25)40(27,28,29,30)31)20(18)33-22(37)39-11-12-2-4-13(26)5-3-12/h2-5,8-9H,6-7,11H2,1H3,(H,33,37). The molecule has 1 aromatic heterocycles. The van der Waals surface area contributed by atoms with E-state index in [9.17, 15) is 38.7 Å². The SMILES string of the molecule is COC(=O)C1(c2c(C#N)nn(-c3c(Cl)cc(S(F)(F)(F)(F)F)cc3Cl)c2NC(=O)OCc2ccc(F)cc2)CC1. The first-order chi connectivity index (χ1) is 18.4. The number of nitrogens with zero attached hydrogens (tertiary/aromatic N) is 3. The average Bonchev–Trinajstić information content (AvgIpc) is 3.58. The maximum absolute atomic E-state index is 13.4. The quantitative estimate of drug-likeness (QED) is 0.211. The molecule has 17 heteroatoms. The van der Waals surface area contributed by atoms with Gasteiger partial charge in [0, 0.05) is 0 Å². The van der Waals surface area contributed by atoms with Gasteiger partial charge in [-0.2, -0.15) is 10.4 Å². The van der Waals surface area contributed by atoms with Gasteiger partial charge in [0.2, 0.25) is 0 Å². The topological polar surface area (TPSA) is 106 Å². The second-order valence-electron chi connectivity index (χ2n) is 8.70. The molecule has 0 bridgehead atoms. The van der Waals surface area contributed by atoms with Crippen molar-refractivity contribution in [3.63, 3.8) is 0 Å². The van der Waals surface area contributed by atoms with Gasteiger partial charge >= 0.3 is 22.3 Å². The fourth-order valence-corrected chi connectivity index (χ4v) is 5.39. The van der Waals surface area contributed by atoms with Gasteiger partial charge in [0.25, 0.3) is 0 Å². The highest BCUT2D eigenvalue weighted by atomic mass is 35.5. The third kappa shape index (κ3) is 5.65. The summed E-state index contributed by atoms with van der Waals surface area (Å²) in [7, 11) is -9.13. The molecule has 214 valence electrons. The Hall–Kier alpha value is -3.61. The summed E-state index contributed by atoms with van der Waals surface area (Å²) < 4.78 is 90.9. The minimum atomic E-state index is -10.2. The Morgan fingerprint density at radius 2 is 1.70 bits per heavy atom. The largest absolute Gasteiger partial charge is 0.468 e. The Labute approximate surface area is 232 Å². The number of carbonyl (C=O) groups excluding carboxylic acids is 2. The maximum atomic E-state index is 13.4. The predicted octanol–water partition coefficient (Wildman–Crippen LogP) is 7.80. The molecule has 0 saturated heterocycles. The first kappa shape index (κ1) is 29.4. The van der Waals surface area contributed by atoms with Crippen molar-refractivity contribution in [1.29, 1.82) is 5.26 Å². The molecule has 0 radical (unpaired) electrons. The molecule has 40 heavy (non-hydrogen) atoms. The van der Waals surface area contributed by atoms with E-state index in [-0.39, 0.29) is 37.1 Å². The highest BCUT2D eigenvalue weighted by molar-refractivity contribution is 8.45. The summed E-state index contributed by atoms with van der Waals surface area (Å²) in [5, 5.41) is 14.1. The van der Waals surface area contributed by atoms with E-state index in [0.29, 0.717) is 10.2 Å². The van der Waals surface area contributed by atoms with Crippen molar-refractivity contribution in [3.05, 3.63) is 69.1 Å². The van der Waals surface area contributed by atoms with Crippen LogP contribution in [0.5, 0.6) is 0 Å². The summed E-state index contributed by atoms with van der Waals surface area (Å²) >= 11 is 12.0. The van der Waals surface area contributed by atoms with Gasteiger partial charge in [-0.15, -0.1) is 0 Å². The predicted molar refractivity (Wildman–Crippen MR) is 133 cm³/mol. The first-order valence-electron chi connectivity index (χ1n) is 10.9. The minimum Gasteiger partial charge on any atom is -0.468 e. The third-order valence-corrected chi connectivity index (χ3v) is 7.65. The number of amides is 1. The van der Waals surface area contributed by atoms with Gasteiger partial charge in [-0.05, 0) is 42.7 Å². The van der Waals surface area contributed by atoms with E-state index < -0.39 is 65.7 Å². The van der Waals surface area contributed by atoms with Crippen molar-refractivity contribution in [2.45, 2.75) is 29.8 Å². The lowest BCUT2D eigenvalue weighted by Gasteiger charge is -2.40. The maximum Gasteiger partial charge on any atom is 0.413 e. The molecule has 0 spiro atoms. The zero-order chi connectivity index (χ0) is 29.7. The van der Waals surface area contributed by atoms with Crippen LogP contribution >= 0.6 is 33.4 Å². The van der Waals surface area contributed by atoms with Gasteiger partial charge < -0.3 is 9.47 Å². The fourth-order valence-electron chi connectivity index (χ4n) is 3.93. The summed E-state index contributed by atoms with van der Waals surface area (Å²) in [4.78, 5) is 23.0. The monoisotopic (exact) mass is 628 g/mol. The summed E-state index contributed by atoms with van der Waals surface area (Å²) in [6, 6.07) is 6.50. The summed E-state index contributed by atoms with van der Waals surface area (Å²) in [6.07, 6.45) is -0.902. The Morgan fingerprint density at radius 3 is 2.17 bits per heavy atom. The lowest BCUT2D eigenvalue weighted by molar-refractivity contribution is -0.143. The van der Waals surface area contributed by atoms with E-state index in [1.807, 2.05) is 0 Å². The number of benzene rings is 2. The number of esters is 1. The molecule has 0 unspecified atom stereocenters. The number of hydrogen-bond donors (Lipinski definition) is 1. The average molecular weight is 629 g/mol. The van der Waals surface area contributed by atoms with Crippen LogP contribution in [0.3, 0.4) is 0 Å². The van der Waals surface area contributed by atoms with E-state index >= 15 is 0 Å². The van der Waals surface area contributed by atoms with Crippen molar-refractivity contribution < 1.29 is 42.9 Å². The van der Waals surface area contributed by atoms with Crippen LogP contribution in [0.1, 0.15) is 29.7 Å². The summed E-state index contributed by atoms with van der Waals surface area (Å²) in [6.45, 7) is -0.358. The molecular weight excluding hydrogens is 613 g/mol. The van der Waals surface area contributed by atoms with E-state index in [1.165, 1.54) is 12.1 Å². The molecule has 4 rings (SSSR count). The number of halogens is 8. The van der Waals surface area contributed by atoms with Crippen LogP contribution in [0.4, 0.5) is 34.4 Å². The van der Waals surface area contributed by atoms with Gasteiger partial charge in [0.05, 0.1) is 28.1 Å². The van der Waals surface area contributed by atoms with Crippen molar-refractivity contribution >= 4 is 51.3 Å². The van der Waals surface area contributed by atoms with Crippen LogP contribution in [0, 0.1) is 17.1 Å². The Morgan fingerprint density at radius 1 is 1.12 bits per heavy atom. The molecule has 1 saturated carbocycles. The zero-order valence-corrected chi connectivity index (χ0v) is 22.3. The van der Waals surface area contributed by atoms with Gasteiger partial charge in [-0.3, -0.25) is 10.1 Å². The smallest absolute Gasteiger partial charge is 0.413 e. The highest BCUT2D eigenvalue weighted by Crippen LogP contribution is 3.02. The Kier molecular flexibility index (Phi) is 6.77. The van der Waals surface area contributed by atoms with Crippen LogP contribution in [-0.2, 0) is 26.3 Å². The summed E-state index contributed by atoms with van der Waals surface area (Å²) in [5.41, 5.74) is -2.33. The normalized spacial score (nSPS) is 15.8. The van der Waals surface area contributed by atoms with E-state index in [2.05, 4.69) is 10.4 Å². The lowest BCUT2D eigenvalue weighted by Crippen LogP contribution is -2.25. The molecule has 1 amide bonds. The number of hydrogen-bond acceptors (Lipinski definition) is 6. The highest BCUT2D eigenvalue weighted by Gasteiger charge is 2.66. The van der Waals surface area contributed by atoms with Gasteiger partial charge in [0.1, 0.15) is 34.9 Å². The van der Waals surface area contributed by atoms with Crippen LogP contribution < -0.4 is 5.32 Å². The van der Waals surface area contributed by atoms with Gasteiger partial charge in [-0.25, -0.2) is 13.9 Å². The number of nitriles is 1. The molecule has 8 nitrogen and oxygen atoms in total. The molecule has 0 aliphatic heterocycles. The number of methoxy groups -OCH3 is 1. The van der Waals surface area contributed by atoms with Crippen molar-refractivity contribution in [1.82, 2.24) is 9.78 Å². The number of anilines is 1. The Bertz CT molecular complexity index is 1560. The molecule has 2 aromatic carbocycles. The molecule has 1 aliphatic rings. The zero-order valence-electron chi connectivity index (χ0n) is 20.0. The van der Waals surface area contributed by atoms with Crippen LogP contribution in [0.25, 0.3) is 5.69 Å². The molecule has 1 aliphatic carbocycles. The Balaban J connectivity index is 1.84. The number of carbonyl (C=O) groups is 2. The van der Waals surface area contributed by atoms with Crippen LogP contribution in [0.15, 0.2) is 41.3 Å². The van der Waals surface area contributed by atoms with Gasteiger partial charge in [-0.1, -0.05) is 54.8 Å². The van der Waals surface area contributed by atoms with E-state index in [1.54, 1.807) is 6.07 Å². The van der Waals surface area contributed by atoms with Crippen LogP contribution in [0.2, 0.25) is 10.0 Å². The summed E-state index contributed by atoms with van der Waals surface area (Å²) in [5.74, 6) is -1.79. The van der Waals surface area contributed by atoms with Crippen LogP contribution in [-0.4, -0.2) is 29.0 Å². The van der Waals surface area contributed by atoms with E-state index in [0.717, 1.165) is 19.2 Å². The lowest BCUT2D eigenvalue weighted by atomic mass is 9.95. The first-order valence-corrected chi connectivity index (χ1v) is 13.6. The third-order valence-electron chi connectivity index (χ3n) is 5.95. The van der Waals surface area contributed by atoms with E-state index in [4.69, 9.17) is 32.7 Å². The molecule has 1 heterocycles. The second-order valence-corrected chi connectivity index (χ2v) is 11.9. The number of nitrogens with one attached hydrogen (secondary N) is 1. The molecule has 3 aromatic rings. The number of aromatic nitrogens is 2. The van der Waals surface area contributed by atoms with Crippen molar-refractivity contribution in [2.75, 3.05) is 12.4 Å². The molecular formula is C23H16Cl2F6N4O4S. The molecule has 1 N–H and O–H groups in total. The van der Waals surface area contributed by atoms with Crippen molar-refractivity contribution in [3.8, 4) is 11.8 Å². The molecule has 0 atom stereocenters. The second kappa shape index (κ2) is 9.22. The number of rotatable bonds is 7. The minimum absolute atomic E-state index is 0.0679. The number of ether oxygens (including phenoxy) is 2. The van der Waals surface area contributed by atoms with Gasteiger partial charge in [0.15, 0.2) is 5.69 Å². The molecule has 1 fully saturated rings. The van der Waals surface area contributed by atoms with Crippen molar-refractivity contribution in [2.24, 2.45) is 0 Å².